The highest BCUT2D eigenvalue weighted by molar-refractivity contribution is 7.84. The molecule has 2 aromatic carbocycles. The number of rotatable bonds is 4. The molecule has 0 aliphatic heterocycles. The largest absolute Gasteiger partial charge is 0.345 e. The lowest BCUT2D eigenvalue weighted by Gasteiger charge is -2.15. The topological polar surface area (TPSA) is 46.2 Å². The number of halogens is 1. The quantitative estimate of drug-likeness (QED) is 0.943. The van der Waals surface area contributed by atoms with Gasteiger partial charge < -0.3 is 5.32 Å². The molecule has 0 spiro atoms. The Balaban J connectivity index is 2.11. The minimum absolute atomic E-state index is 0.292. The third-order valence-electron chi connectivity index (χ3n) is 3.17. The van der Waals surface area contributed by atoms with Crippen molar-refractivity contribution in [3.05, 3.63) is 65.5 Å². The highest BCUT2D eigenvalue weighted by atomic mass is 32.2. The first-order chi connectivity index (χ1) is 9.99. The van der Waals surface area contributed by atoms with Crippen molar-refractivity contribution in [3.8, 4) is 0 Å². The van der Waals surface area contributed by atoms with E-state index in [4.69, 9.17) is 0 Å². The molecule has 2 aromatic rings. The van der Waals surface area contributed by atoms with Gasteiger partial charge in [-0.1, -0.05) is 18.2 Å². The lowest BCUT2D eigenvalue weighted by atomic mass is 10.1. The first kappa shape index (κ1) is 15.4. The summed E-state index contributed by atoms with van der Waals surface area (Å²) in [4.78, 5) is 12.8. The summed E-state index contributed by atoms with van der Waals surface area (Å²) in [6, 6.07) is 12.4. The van der Waals surface area contributed by atoms with Gasteiger partial charge >= 0.3 is 0 Å². The van der Waals surface area contributed by atoms with Gasteiger partial charge in [0.25, 0.3) is 5.91 Å². The highest BCUT2D eigenvalue weighted by Crippen LogP contribution is 2.17. The van der Waals surface area contributed by atoms with Crippen molar-refractivity contribution in [3.63, 3.8) is 0 Å². The van der Waals surface area contributed by atoms with E-state index in [1.807, 2.05) is 0 Å². The maximum atomic E-state index is 13.6. The van der Waals surface area contributed by atoms with Gasteiger partial charge in [-0.25, -0.2) is 4.39 Å². The number of carbonyl (C=O) groups excluding carboxylic acids is 1. The van der Waals surface area contributed by atoms with E-state index >= 15 is 0 Å². The first-order valence-corrected chi connectivity index (χ1v) is 8.03. The molecule has 0 aromatic heterocycles. The SMILES string of the molecule is C[C@H](NC(=O)c1ccc([S@@](C)=O)cc1)c1ccccc1F. The normalized spacial score (nSPS) is 13.5. The number of nitrogens with one attached hydrogen (secondary N) is 1. The van der Waals surface area contributed by atoms with Crippen molar-refractivity contribution in [2.75, 3.05) is 6.26 Å². The average molecular weight is 305 g/mol. The third kappa shape index (κ3) is 3.76. The zero-order valence-electron chi connectivity index (χ0n) is 11.8. The first-order valence-electron chi connectivity index (χ1n) is 6.48. The van der Waals surface area contributed by atoms with Gasteiger partial charge in [0.1, 0.15) is 5.82 Å². The Morgan fingerprint density at radius 3 is 2.33 bits per heavy atom. The van der Waals surface area contributed by atoms with Crippen LogP contribution >= 0.6 is 0 Å². The minimum Gasteiger partial charge on any atom is -0.345 e. The molecule has 1 amide bonds. The molecule has 0 saturated carbocycles. The predicted octanol–water partition coefficient (Wildman–Crippen LogP) is 3.05. The minimum atomic E-state index is -1.08. The van der Waals surface area contributed by atoms with Gasteiger partial charge in [-0.05, 0) is 37.3 Å². The number of amides is 1. The highest BCUT2D eigenvalue weighted by Gasteiger charge is 2.14. The second kappa shape index (κ2) is 6.63. The van der Waals surface area contributed by atoms with Crippen molar-refractivity contribution in [1.82, 2.24) is 5.32 Å². The lowest BCUT2D eigenvalue weighted by Crippen LogP contribution is -2.27. The molecule has 0 aliphatic carbocycles. The fourth-order valence-corrected chi connectivity index (χ4v) is 2.50. The maximum absolute atomic E-state index is 13.6. The number of hydrogen-bond acceptors (Lipinski definition) is 2. The zero-order chi connectivity index (χ0) is 15.4. The molecule has 1 N–H and O–H groups in total. The van der Waals surface area contributed by atoms with E-state index in [1.54, 1.807) is 55.6 Å². The van der Waals surface area contributed by atoms with Crippen LogP contribution in [0.2, 0.25) is 0 Å². The molecule has 0 aliphatic rings. The Kier molecular flexibility index (Phi) is 4.85. The summed E-state index contributed by atoms with van der Waals surface area (Å²) in [6.45, 7) is 1.73. The van der Waals surface area contributed by atoms with Crippen molar-refractivity contribution >= 4 is 16.7 Å². The van der Waals surface area contributed by atoms with Gasteiger partial charge in [-0.3, -0.25) is 9.00 Å². The Hall–Kier alpha value is -2.01. The monoisotopic (exact) mass is 305 g/mol. The Bertz CT molecular complexity index is 670. The fourth-order valence-electron chi connectivity index (χ4n) is 1.98. The summed E-state index contributed by atoms with van der Waals surface area (Å²) in [5.74, 6) is -0.638. The van der Waals surface area contributed by atoms with Gasteiger partial charge in [0, 0.05) is 33.1 Å². The van der Waals surface area contributed by atoms with Crippen LogP contribution in [0, 0.1) is 5.82 Å². The van der Waals surface area contributed by atoms with E-state index in [0.717, 1.165) is 0 Å². The van der Waals surface area contributed by atoms with E-state index in [1.165, 1.54) is 6.07 Å². The molecule has 21 heavy (non-hydrogen) atoms. The van der Waals surface area contributed by atoms with Crippen molar-refractivity contribution < 1.29 is 13.4 Å². The van der Waals surface area contributed by atoms with E-state index in [-0.39, 0.29) is 11.7 Å². The number of hydrogen-bond donors (Lipinski definition) is 1. The molecule has 0 bridgehead atoms. The van der Waals surface area contributed by atoms with Crippen molar-refractivity contribution in [2.24, 2.45) is 0 Å². The van der Waals surface area contributed by atoms with Gasteiger partial charge in [0.2, 0.25) is 0 Å². The van der Waals surface area contributed by atoms with Crippen LogP contribution < -0.4 is 5.32 Å². The van der Waals surface area contributed by atoms with Gasteiger partial charge in [-0.2, -0.15) is 0 Å². The molecule has 5 heteroatoms. The predicted molar refractivity (Wildman–Crippen MR) is 81.1 cm³/mol. The van der Waals surface area contributed by atoms with Crippen LogP contribution in [0.4, 0.5) is 4.39 Å². The van der Waals surface area contributed by atoms with Crippen LogP contribution in [0.25, 0.3) is 0 Å². The van der Waals surface area contributed by atoms with Crippen molar-refractivity contribution in [1.29, 1.82) is 0 Å². The summed E-state index contributed by atoms with van der Waals surface area (Å²) in [7, 11) is -1.08. The summed E-state index contributed by atoms with van der Waals surface area (Å²) in [6.07, 6.45) is 1.58. The van der Waals surface area contributed by atoms with Crippen LogP contribution in [0.15, 0.2) is 53.4 Å². The van der Waals surface area contributed by atoms with Crippen LogP contribution in [0.5, 0.6) is 0 Å². The fraction of sp³-hybridized carbons (Fsp3) is 0.188. The van der Waals surface area contributed by atoms with Crippen LogP contribution in [0.3, 0.4) is 0 Å². The van der Waals surface area contributed by atoms with Gasteiger partial charge in [0.15, 0.2) is 0 Å². The smallest absolute Gasteiger partial charge is 0.251 e. The molecule has 110 valence electrons. The Labute approximate surface area is 125 Å². The van der Waals surface area contributed by atoms with Crippen molar-refractivity contribution in [2.45, 2.75) is 17.9 Å². The van der Waals surface area contributed by atoms with E-state index in [9.17, 15) is 13.4 Å². The van der Waals surface area contributed by atoms with Crippen LogP contribution in [-0.4, -0.2) is 16.4 Å². The molecular formula is C16H16FNO2S. The van der Waals surface area contributed by atoms with Gasteiger partial charge in [0.05, 0.1) is 6.04 Å². The summed E-state index contributed by atoms with van der Waals surface area (Å²) in [5, 5.41) is 2.75. The Morgan fingerprint density at radius 2 is 1.76 bits per heavy atom. The molecule has 2 atom stereocenters. The Morgan fingerprint density at radius 1 is 1.14 bits per heavy atom. The number of carbonyl (C=O) groups is 1. The van der Waals surface area contributed by atoms with E-state index in [0.29, 0.717) is 16.0 Å². The maximum Gasteiger partial charge on any atom is 0.251 e. The molecule has 0 saturated heterocycles. The number of benzene rings is 2. The van der Waals surface area contributed by atoms with Crippen LogP contribution in [0.1, 0.15) is 28.9 Å². The van der Waals surface area contributed by atoms with E-state index in [2.05, 4.69) is 5.32 Å². The third-order valence-corrected chi connectivity index (χ3v) is 4.10. The van der Waals surface area contributed by atoms with E-state index < -0.39 is 16.8 Å². The molecule has 0 fully saturated rings. The molecule has 0 unspecified atom stereocenters. The molecule has 0 radical (unpaired) electrons. The second-order valence-corrected chi connectivity index (χ2v) is 6.07. The zero-order valence-corrected chi connectivity index (χ0v) is 12.6. The summed E-state index contributed by atoms with van der Waals surface area (Å²) in [5.41, 5.74) is 0.893. The molecule has 2 rings (SSSR count). The molecule has 3 nitrogen and oxygen atoms in total. The summed E-state index contributed by atoms with van der Waals surface area (Å²) < 4.78 is 24.9. The standard InChI is InChI=1S/C16H16FNO2S/c1-11(14-5-3-4-6-15(14)17)18-16(19)12-7-9-13(10-8-12)21(2)20/h3-11H,1-2H3,(H,18,19)/t11-,21+/m0/s1. The molecular weight excluding hydrogens is 289 g/mol. The van der Waals surface area contributed by atoms with Gasteiger partial charge in [-0.15, -0.1) is 0 Å². The average Bonchev–Trinajstić information content (AvgIpc) is 2.47. The molecule has 0 heterocycles. The second-order valence-electron chi connectivity index (χ2n) is 4.70. The summed E-state index contributed by atoms with van der Waals surface area (Å²) >= 11 is 0. The lowest BCUT2D eigenvalue weighted by molar-refractivity contribution is 0.0939. The van der Waals surface area contributed by atoms with Crippen LogP contribution in [-0.2, 0) is 10.8 Å².